The van der Waals surface area contributed by atoms with Crippen LogP contribution in [0.2, 0.25) is 10.0 Å². The molecule has 212 valence electrons. The second-order valence-corrected chi connectivity index (χ2v) is 9.54. The van der Waals surface area contributed by atoms with Gasteiger partial charge in [-0.25, -0.2) is 9.67 Å². The SMILES string of the molecule is COc1nc(-c2cccc(-c3cccc(NC(=O)c4ccnn(C)c4=O)c3Cl)c2Cl)ccc1CN[C@@H](CO)C(=O)O. The maximum Gasteiger partial charge on any atom is 0.323 e. The molecule has 0 radical (unpaired) electrons. The molecule has 41 heavy (non-hydrogen) atoms. The normalized spacial score (nSPS) is 11.6. The number of amides is 1. The minimum atomic E-state index is -1.18. The average molecular weight is 598 g/mol. The van der Waals surface area contributed by atoms with Crippen LogP contribution >= 0.6 is 23.2 Å². The van der Waals surface area contributed by atoms with Crippen molar-refractivity contribution in [2.75, 3.05) is 19.0 Å². The fourth-order valence-electron chi connectivity index (χ4n) is 4.04. The van der Waals surface area contributed by atoms with Gasteiger partial charge in [0, 0.05) is 42.0 Å². The van der Waals surface area contributed by atoms with Crippen molar-refractivity contribution in [3.05, 3.63) is 92.3 Å². The Bertz CT molecular complexity index is 1680. The summed E-state index contributed by atoms with van der Waals surface area (Å²) in [6.07, 6.45) is 1.35. The summed E-state index contributed by atoms with van der Waals surface area (Å²) in [5.74, 6) is -1.56. The number of carboxylic acid groups (broad SMARTS) is 1. The van der Waals surface area contributed by atoms with Gasteiger partial charge in [-0.15, -0.1) is 0 Å². The molecule has 2 aromatic heterocycles. The summed E-state index contributed by atoms with van der Waals surface area (Å²) in [6.45, 7) is -0.470. The number of anilines is 1. The van der Waals surface area contributed by atoms with Crippen LogP contribution in [0.15, 0.2) is 65.6 Å². The third-order valence-electron chi connectivity index (χ3n) is 6.21. The number of hydrogen-bond donors (Lipinski definition) is 4. The number of ether oxygens (including phenoxy) is 1. The highest BCUT2D eigenvalue weighted by atomic mass is 35.5. The van der Waals surface area contributed by atoms with E-state index in [9.17, 15) is 19.5 Å². The van der Waals surface area contributed by atoms with E-state index in [1.165, 1.54) is 26.4 Å². The van der Waals surface area contributed by atoms with Crippen LogP contribution in [0.25, 0.3) is 22.4 Å². The van der Waals surface area contributed by atoms with E-state index >= 15 is 0 Å². The molecule has 4 N–H and O–H groups in total. The number of halogens is 2. The predicted octanol–water partition coefficient (Wildman–Crippen LogP) is 3.61. The lowest BCUT2D eigenvalue weighted by atomic mass is 10.00. The number of hydrogen-bond acceptors (Lipinski definition) is 8. The molecule has 4 rings (SSSR count). The number of aliphatic hydroxyl groups is 1. The Hall–Kier alpha value is -4.29. The quantitative estimate of drug-likeness (QED) is 0.214. The van der Waals surface area contributed by atoms with Gasteiger partial charge in [0.15, 0.2) is 0 Å². The van der Waals surface area contributed by atoms with Gasteiger partial charge in [0.25, 0.3) is 11.5 Å². The van der Waals surface area contributed by atoms with Gasteiger partial charge in [0.1, 0.15) is 11.6 Å². The summed E-state index contributed by atoms with van der Waals surface area (Å²) in [7, 11) is 2.89. The lowest BCUT2D eigenvalue weighted by Gasteiger charge is -2.16. The number of methoxy groups -OCH3 is 1. The number of rotatable bonds is 10. The summed E-state index contributed by atoms with van der Waals surface area (Å²) in [4.78, 5) is 40.9. The first-order valence-corrected chi connectivity index (χ1v) is 12.9. The smallest absolute Gasteiger partial charge is 0.323 e. The van der Waals surface area contributed by atoms with Gasteiger partial charge in [-0.1, -0.05) is 59.6 Å². The number of aliphatic carboxylic acids is 1. The van der Waals surface area contributed by atoms with Crippen molar-refractivity contribution in [2.24, 2.45) is 7.05 Å². The van der Waals surface area contributed by atoms with Crippen LogP contribution in [-0.2, 0) is 18.4 Å². The third kappa shape index (κ3) is 6.39. The molecule has 11 nitrogen and oxygen atoms in total. The Morgan fingerprint density at radius 1 is 1.02 bits per heavy atom. The van der Waals surface area contributed by atoms with Crippen molar-refractivity contribution in [3.63, 3.8) is 0 Å². The number of nitrogens with zero attached hydrogens (tertiary/aromatic N) is 3. The molecule has 1 atom stereocenters. The molecule has 0 aliphatic carbocycles. The van der Waals surface area contributed by atoms with E-state index < -0.39 is 30.1 Å². The standard InChI is InChI=1S/C28H25Cl2N5O6/c1-35-27(38)19(11-12-32-35)25(37)33-21-8-4-6-17(24(21)30)16-5-3-7-18(23(16)29)20-10-9-15(26(34-20)41-2)13-31-22(14-36)28(39)40/h3-12,22,31,36H,13-14H2,1-2H3,(H,33,37)(H,39,40)/t22-/m0/s1. The van der Waals surface area contributed by atoms with Gasteiger partial charge in [-0.05, 0) is 18.2 Å². The first-order valence-electron chi connectivity index (χ1n) is 12.2. The zero-order chi connectivity index (χ0) is 29.7. The van der Waals surface area contributed by atoms with Crippen LogP contribution in [0.3, 0.4) is 0 Å². The zero-order valence-electron chi connectivity index (χ0n) is 21.9. The maximum atomic E-state index is 12.8. The molecule has 0 spiro atoms. The highest BCUT2D eigenvalue weighted by molar-refractivity contribution is 6.39. The molecule has 0 unspecified atom stereocenters. The van der Waals surface area contributed by atoms with Crippen molar-refractivity contribution >= 4 is 40.8 Å². The van der Waals surface area contributed by atoms with Crippen LogP contribution in [0, 0.1) is 0 Å². The van der Waals surface area contributed by atoms with Crippen LogP contribution in [0.4, 0.5) is 5.69 Å². The Balaban J connectivity index is 1.65. The highest BCUT2D eigenvalue weighted by Gasteiger charge is 2.20. The van der Waals surface area contributed by atoms with Crippen LogP contribution < -0.4 is 20.9 Å². The number of benzene rings is 2. The average Bonchev–Trinajstić information content (AvgIpc) is 2.96. The van der Waals surface area contributed by atoms with Gasteiger partial charge in [-0.2, -0.15) is 5.10 Å². The van der Waals surface area contributed by atoms with Crippen LogP contribution in [0.5, 0.6) is 5.88 Å². The summed E-state index contributed by atoms with van der Waals surface area (Å²) >= 11 is 13.6. The maximum absolute atomic E-state index is 12.8. The molecule has 0 saturated heterocycles. The molecule has 0 saturated carbocycles. The van der Waals surface area contributed by atoms with Crippen molar-refractivity contribution in [1.82, 2.24) is 20.1 Å². The Morgan fingerprint density at radius 2 is 1.71 bits per heavy atom. The molecule has 1 amide bonds. The zero-order valence-corrected chi connectivity index (χ0v) is 23.4. The molecule has 0 fully saturated rings. The molecule has 0 aliphatic heterocycles. The predicted molar refractivity (Wildman–Crippen MR) is 154 cm³/mol. The van der Waals surface area contributed by atoms with E-state index in [1.54, 1.807) is 48.5 Å². The number of nitrogens with one attached hydrogen (secondary N) is 2. The third-order valence-corrected chi connectivity index (χ3v) is 7.03. The molecule has 2 heterocycles. The number of carbonyl (C=O) groups excluding carboxylic acids is 1. The molecule has 13 heteroatoms. The van der Waals surface area contributed by atoms with E-state index in [0.717, 1.165) is 4.68 Å². The van der Waals surface area contributed by atoms with E-state index in [4.69, 9.17) is 33.0 Å². The number of aromatic nitrogens is 3. The minimum Gasteiger partial charge on any atom is -0.481 e. The molecular formula is C28H25Cl2N5O6. The summed E-state index contributed by atoms with van der Waals surface area (Å²) in [6, 6.07) is 14.0. The Morgan fingerprint density at radius 3 is 2.39 bits per heavy atom. The highest BCUT2D eigenvalue weighted by Crippen LogP contribution is 2.41. The topological polar surface area (TPSA) is 156 Å². The van der Waals surface area contributed by atoms with Gasteiger partial charge in [-0.3, -0.25) is 19.7 Å². The Kier molecular flexibility index (Phi) is 9.35. The van der Waals surface area contributed by atoms with E-state index in [0.29, 0.717) is 33.0 Å². The molecular weight excluding hydrogens is 573 g/mol. The molecule has 2 aromatic carbocycles. The van der Waals surface area contributed by atoms with Crippen molar-refractivity contribution < 1.29 is 24.5 Å². The lowest BCUT2D eigenvalue weighted by molar-refractivity contribution is -0.140. The van der Waals surface area contributed by atoms with Gasteiger partial charge >= 0.3 is 5.97 Å². The van der Waals surface area contributed by atoms with E-state index in [2.05, 4.69) is 20.7 Å². The number of aliphatic hydroxyl groups excluding tert-OH is 1. The summed E-state index contributed by atoms with van der Waals surface area (Å²) in [5.41, 5.74) is 2.41. The first-order chi connectivity index (χ1) is 19.7. The molecule has 0 aliphatic rings. The second kappa shape index (κ2) is 12.9. The van der Waals surface area contributed by atoms with Crippen LogP contribution in [-0.4, -0.2) is 56.6 Å². The lowest BCUT2D eigenvalue weighted by Crippen LogP contribution is -2.39. The van der Waals surface area contributed by atoms with E-state index in [1.807, 2.05) is 0 Å². The largest absolute Gasteiger partial charge is 0.481 e. The van der Waals surface area contributed by atoms with Crippen LogP contribution in [0.1, 0.15) is 15.9 Å². The van der Waals surface area contributed by atoms with Crippen molar-refractivity contribution in [1.29, 1.82) is 0 Å². The fourth-order valence-corrected chi connectivity index (χ4v) is 4.64. The van der Waals surface area contributed by atoms with Crippen molar-refractivity contribution in [2.45, 2.75) is 12.6 Å². The number of pyridine rings is 1. The second-order valence-electron chi connectivity index (χ2n) is 8.78. The number of carbonyl (C=O) groups is 2. The fraction of sp³-hybridized carbons (Fsp3) is 0.179. The van der Waals surface area contributed by atoms with E-state index in [-0.39, 0.29) is 28.7 Å². The number of aryl methyl sites for hydroxylation is 1. The monoisotopic (exact) mass is 597 g/mol. The Labute approximate surface area is 244 Å². The number of carboxylic acids is 1. The minimum absolute atomic E-state index is 0.0856. The van der Waals surface area contributed by atoms with Gasteiger partial charge < -0.3 is 20.3 Å². The van der Waals surface area contributed by atoms with Gasteiger partial charge in [0.2, 0.25) is 5.88 Å². The summed E-state index contributed by atoms with van der Waals surface area (Å²) < 4.78 is 6.48. The first kappa shape index (κ1) is 29.7. The van der Waals surface area contributed by atoms with Crippen molar-refractivity contribution in [3.8, 4) is 28.3 Å². The molecule has 4 aromatic rings. The van der Waals surface area contributed by atoms with Gasteiger partial charge in [0.05, 0.1) is 35.1 Å². The summed E-state index contributed by atoms with van der Waals surface area (Å²) in [5, 5.41) is 28.2. The molecule has 0 bridgehead atoms.